The molecule has 0 fully saturated rings. The highest BCUT2D eigenvalue weighted by atomic mass is 35.5. The van der Waals surface area contributed by atoms with Crippen LogP contribution in [-0.4, -0.2) is 23.2 Å². The summed E-state index contributed by atoms with van der Waals surface area (Å²) < 4.78 is 11.1. The summed E-state index contributed by atoms with van der Waals surface area (Å²) in [5.74, 6) is 1.59. The number of halogens is 1. The lowest BCUT2D eigenvalue weighted by Crippen LogP contribution is -2.15. The van der Waals surface area contributed by atoms with Crippen molar-refractivity contribution in [3.63, 3.8) is 0 Å². The van der Waals surface area contributed by atoms with Crippen LogP contribution in [0.25, 0.3) is 0 Å². The first kappa shape index (κ1) is 12.2. The summed E-state index contributed by atoms with van der Waals surface area (Å²) in [5, 5.41) is 0.276. The fraction of sp³-hybridized carbons (Fsp3) is 0.286. The van der Waals surface area contributed by atoms with Gasteiger partial charge in [-0.05, 0) is 41.8 Å². The minimum absolute atomic E-state index is 0.276. The van der Waals surface area contributed by atoms with Crippen LogP contribution in [-0.2, 0) is 6.42 Å². The minimum atomic E-state index is 0.276. The van der Waals surface area contributed by atoms with Gasteiger partial charge in [-0.15, -0.1) is 0 Å². The van der Waals surface area contributed by atoms with E-state index in [1.54, 1.807) is 6.20 Å². The summed E-state index contributed by atoms with van der Waals surface area (Å²) in [7, 11) is 0. The summed E-state index contributed by atoms with van der Waals surface area (Å²) in [6, 6.07) is 5.94. The second-order valence-corrected chi connectivity index (χ2v) is 4.76. The van der Waals surface area contributed by atoms with Crippen LogP contribution in [0.2, 0.25) is 5.28 Å². The summed E-state index contributed by atoms with van der Waals surface area (Å²) in [6.07, 6.45) is 2.44. The molecule has 0 aliphatic carbocycles. The van der Waals surface area contributed by atoms with Crippen LogP contribution >= 0.6 is 11.6 Å². The number of ether oxygens (including phenoxy) is 2. The number of benzene rings is 1. The predicted octanol–water partition coefficient (Wildman–Crippen LogP) is 2.80. The van der Waals surface area contributed by atoms with Gasteiger partial charge in [0.15, 0.2) is 11.5 Å². The molecule has 1 aromatic heterocycles. The fourth-order valence-corrected chi connectivity index (χ4v) is 2.17. The smallest absolute Gasteiger partial charge is 0.222 e. The molecule has 1 aromatic carbocycles. The zero-order valence-electron chi connectivity index (χ0n) is 10.5. The minimum Gasteiger partial charge on any atom is -0.486 e. The van der Waals surface area contributed by atoms with Gasteiger partial charge in [-0.25, -0.2) is 9.97 Å². The Hall–Kier alpha value is -1.81. The van der Waals surface area contributed by atoms with Crippen molar-refractivity contribution < 1.29 is 9.47 Å². The van der Waals surface area contributed by atoms with E-state index in [9.17, 15) is 0 Å². The van der Waals surface area contributed by atoms with Crippen molar-refractivity contribution in [3.05, 3.63) is 46.5 Å². The molecule has 19 heavy (non-hydrogen) atoms. The molecular weight excluding hydrogens is 264 g/mol. The summed E-state index contributed by atoms with van der Waals surface area (Å²) in [5.41, 5.74) is 3.07. The van der Waals surface area contributed by atoms with E-state index in [1.807, 2.05) is 25.1 Å². The number of aryl methyl sites for hydroxylation is 1. The third-order valence-electron chi connectivity index (χ3n) is 3.03. The van der Waals surface area contributed by atoms with Crippen LogP contribution in [0.4, 0.5) is 0 Å². The van der Waals surface area contributed by atoms with E-state index in [-0.39, 0.29) is 5.28 Å². The third-order valence-corrected chi connectivity index (χ3v) is 3.21. The molecule has 98 valence electrons. The third kappa shape index (κ3) is 2.63. The molecule has 0 N–H and O–H groups in total. The van der Waals surface area contributed by atoms with Gasteiger partial charge in [-0.2, -0.15) is 0 Å². The van der Waals surface area contributed by atoms with E-state index in [4.69, 9.17) is 21.1 Å². The number of hydrogen-bond acceptors (Lipinski definition) is 4. The maximum Gasteiger partial charge on any atom is 0.222 e. The Labute approximate surface area is 116 Å². The Morgan fingerprint density at radius 1 is 1.21 bits per heavy atom. The Balaban J connectivity index is 1.89. The van der Waals surface area contributed by atoms with Gasteiger partial charge < -0.3 is 9.47 Å². The number of rotatable bonds is 2. The quantitative estimate of drug-likeness (QED) is 0.791. The lowest BCUT2D eigenvalue weighted by Gasteiger charge is -2.18. The van der Waals surface area contributed by atoms with Gasteiger partial charge in [0.25, 0.3) is 0 Å². The SMILES string of the molecule is Cc1cnc(Cl)nc1Cc1ccc2c(c1)OCCO2. The lowest BCUT2D eigenvalue weighted by molar-refractivity contribution is 0.171. The van der Waals surface area contributed by atoms with Crippen molar-refractivity contribution in [3.8, 4) is 11.5 Å². The van der Waals surface area contributed by atoms with Crippen molar-refractivity contribution in [1.82, 2.24) is 9.97 Å². The molecule has 0 saturated carbocycles. The molecule has 1 aliphatic rings. The second kappa shape index (κ2) is 5.05. The highest BCUT2D eigenvalue weighted by molar-refractivity contribution is 6.28. The molecule has 0 radical (unpaired) electrons. The molecule has 0 bridgehead atoms. The molecule has 0 unspecified atom stereocenters. The molecule has 1 aliphatic heterocycles. The van der Waals surface area contributed by atoms with E-state index in [0.29, 0.717) is 19.6 Å². The highest BCUT2D eigenvalue weighted by Gasteiger charge is 2.12. The van der Waals surface area contributed by atoms with Gasteiger partial charge in [0.1, 0.15) is 13.2 Å². The molecule has 2 aromatic rings. The van der Waals surface area contributed by atoms with Gasteiger partial charge in [0, 0.05) is 12.6 Å². The Morgan fingerprint density at radius 2 is 2.00 bits per heavy atom. The average Bonchev–Trinajstić information content (AvgIpc) is 2.43. The van der Waals surface area contributed by atoms with Crippen LogP contribution < -0.4 is 9.47 Å². The zero-order chi connectivity index (χ0) is 13.2. The summed E-state index contributed by atoms with van der Waals surface area (Å²) in [6.45, 7) is 3.17. The van der Waals surface area contributed by atoms with Crippen LogP contribution in [0.1, 0.15) is 16.8 Å². The van der Waals surface area contributed by atoms with Crippen molar-refractivity contribution in [2.75, 3.05) is 13.2 Å². The zero-order valence-corrected chi connectivity index (χ0v) is 11.3. The summed E-state index contributed by atoms with van der Waals surface area (Å²) in [4.78, 5) is 8.22. The highest BCUT2D eigenvalue weighted by Crippen LogP contribution is 2.31. The number of nitrogens with zero attached hydrogens (tertiary/aromatic N) is 2. The first-order valence-corrected chi connectivity index (χ1v) is 6.47. The van der Waals surface area contributed by atoms with Crippen LogP contribution in [0, 0.1) is 6.92 Å². The normalized spacial score (nSPS) is 13.4. The second-order valence-electron chi connectivity index (χ2n) is 4.42. The molecule has 3 rings (SSSR count). The molecule has 5 heteroatoms. The topological polar surface area (TPSA) is 44.2 Å². The number of hydrogen-bond donors (Lipinski definition) is 0. The van der Waals surface area contributed by atoms with Gasteiger partial charge in [0.2, 0.25) is 5.28 Å². The number of aromatic nitrogens is 2. The Kier molecular flexibility index (Phi) is 3.25. The average molecular weight is 277 g/mol. The molecule has 0 spiro atoms. The van der Waals surface area contributed by atoms with Crippen molar-refractivity contribution in [2.45, 2.75) is 13.3 Å². The molecule has 0 amide bonds. The first-order valence-electron chi connectivity index (χ1n) is 6.09. The molecular formula is C14H13ClN2O2. The van der Waals surface area contributed by atoms with Crippen molar-refractivity contribution in [2.24, 2.45) is 0 Å². The molecule has 4 nitrogen and oxygen atoms in total. The fourth-order valence-electron chi connectivity index (χ4n) is 2.02. The summed E-state index contributed by atoms with van der Waals surface area (Å²) >= 11 is 5.83. The van der Waals surface area contributed by atoms with Crippen molar-refractivity contribution >= 4 is 11.6 Å². The first-order chi connectivity index (χ1) is 9.22. The van der Waals surface area contributed by atoms with Gasteiger partial charge >= 0.3 is 0 Å². The van der Waals surface area contributed by atoms with Gasteiger partial charge in [-0.3, -0.25) is 0 Å². The molecule has 0 saturated heterocycles. The van der Waals surface area contributed by atoms with Crippen LogP contribution in [0.5, 0.6) is 11.5 Å². The Morgan fingerprint density at radius 3 is 2.84 bits per heavy atom. The van der Waals surface area contributed by atoms with Gasteiger partial charge in [0.05, 0.1) is 5.69 Å². The molecule has 2 heterocycles. The monoisotopic (exact) mass is 276 g/mol. The van der Waals surface area contributed by atoms with Gasteiger partial charge in [-0.1, -0.05) is 6.07 Å². The number of fused-ring (bicyclic) bond motifs is 1. The van der Waals surface area contributed by atoms with E-state index < -0.39 is 0 Å². The maximum absolute atomic E-state index is 5.83. The standard InChI is InChI=1S/C14H13ClN2O2/c1-9-8-16-14(15)17-11(9)6-10-2-3-12-13(7-10)19-5-4-18-12/h2-3,7-8H,4-6H2,1H3. The maximum atomic E-state index is 5.83. The molecule has 0 atom stereocenters. The van der Waals surface area contributed by atoms with Crippen LogP contribution in [0.3, 0.4) is 0 Å². The predicted molar refractivity (Wildman–Crippen MR) is 72.0 cm³/mol. The Bertz CT molecular complexity index is 616. The van der Waals surface area contributed by atoms with Crippen molar-refractivity contribution in [1.29, 1.82) is 0 Å². The lowest BCUT2D eigenvalue weighted by atomic mass is 10.1. The van der Waals surface area contributed by atoms with E-state index in [0.717, 1.165) is 28.3 Å². The van der Waals surface area contributed by atoms with E-state index in [2.05, 4.69) is 9.97 Å². The van der Waals surface area contributed by atoms with E-state index >= 15 is 0 Å². The van der Waals surface area contributed by atoms with Crippen LogP contribution in [0.15, 0.2) is 24.4 Å². The largest absolute Gasteiger partial charge is 0.486 e. The van der Waals surface area contributed by atoms with E-state index in [1.165, 1.54) is 0 Å².